The Morgan fingerprint density at radius 1 is 1.07 bits per heavy atom. The molecule has 0 saturated carbocycles. The van der Waals surface area contributed by atoms with Gasteiger partial charge in [-0.1, -0.05) is 75.2 Å². The minimum Gasteiger partial charge on any atom is -0.439 e. The number of unbranched alkanes of at least 4 members (excludes halogenated alkanes) is 1. The fourth-order valence-electron chi connectivity index (χ4n) is 5.22. The highest BCUT2D eigenvalue weighted by Crippen LogP contribution is 2.41. The van der Waals surface area contributed by atoms with E-state index in [9.17, 15) is 13.0 Å². The number of rotatable bonds is 11. The minimum atomic E-state index is -4.13. The van der Waals surface area contributed by atoms with Crippen molar-refractivity contribution in [1.82, 2.24) is 0 Å². The lowest BCUT2D eigenvalue weighted by molar-refractivity contribution is -0.683. The van der Waals surface area contributed by atoms with Crippen molar-refractivity contribution in [3.8, 4) is 16.9 Å². The Hall–Kier alpha value is -3.59. The molecule has 1 aromatic heterocycles. The molecule has 0 aliphatic carbocycles. The van der Waals surface area contributed by atoms with Crippen LogP contribution in [0.4, 0.5) is 5.69 Å². The van der Waals surface area contributed by atoms with E-state index in [-0.39, 0.29) is 11.7 Å². The average molecular weight is 608 g/mol. The third-order valence-electron chi connectivity index (χ3n) is 7.28. The molecule has 7 nitrogen and oxygen atoms in total. The predicted molar refractivity (Wildman–Crippen MR) is 168 cm³/mol. The van der Waals surface area contributed by atoms with E-state index in [1.165, 1.54) is 0 Å². The fourth-order valence-corrected chi connectivity index (χ4v) is 6.21. The monoisotopic (exact) mass is 607 g/mol. The Morgan fingerprint density at radius 2 is 1.86 bits per heavy atom. The summed E-state index contributed by atoms with van der Waals surface area (Å²) in [5.41, 5.74) is 5.55. The number of anilines is 1. The van der Waals surface area contributed by atoms with Crippen molar-refractivity contribution in [3.63, 3.8) is 0 Å². The number of oxazole rings is 1. The van der Waals surface area contributed by atoms with Gasteiger partial charge in [-0.3, -0.25) is 4.55 Å². The number of aromatic nitrogens is 1. The maximum absolute atomic E-state index is 11.7. The molecule has 1 unspecified atom stereocenters. The van der Waals surface area contributed by atoms with Crippen molar-refractivity contribution in [1.29, 1.82) is 0 Å². The molecule has 42 heavy (non-hydrogen) atoms. The van der Waals surface area contributed by atoms with Crippen LogP contribution in [-0.2, 0) is 16.7 Å². The van der Waals surface area contributed by atoms with Gasteiger partial charge in [0.1, 0.15) is 0 Å². The molecule has 0 amide bonds. The molecule has 0 fully saturated rings. The highest BCUT2D eigenvalue weighted by Gasteiger charge is 2.28. The summed E-state index contributed by atoms with van der Waals surface area (Å²) in [6.07, 6.45) is 6.75. The molecule has 0 spiro atoms. The number of allylic oxidation sites excluding steroid dienone is 2. The molecule has 220 valence electrons. The Morgan fingerprint density at radius 3 is 2.57 bits per heavy atom. The van der Waals surface area contributed by atoms with Crippen LogP contribution >= 0.6 is 11.6 Å². The van der Waals surface area contributed by atoms with Crippen LogP contribution in [0.1, 0.15) is 45.9 Å². The summed E-state index contributed by atoms with van der Waals surface area (Å²) in [5.74, 6) is 1.37. The van der Waals surface area contributed by atoms with Crippen LogP contribution in [0, 0.1) is 5.92 Å². The lowest BCUT2D eigenvalue weighted by Gasteiger charge is -2.18. The Labute approximate surface area is 252 Å². The number of hydrogen-bond acceptors (Lipinski definition) is 5. The van der Waals surface area contributed by atoms with Gasteiger partial charge in [0.15, 0.2) is 12.3 Å². The first-order valence-corrected chi connectivity index (χ1v) is 16.3. The molecular weight excluding hydrogens is 572 g/mol. The number of ether oxygens (including phenoxy) is 1. The van der Waals surface area contributed by atoms with E-state index in [1.807, 2.05) is 77.4 Å². The van der Waals surface area contributed by atoms with Crippen molar-refractivity contribution in [2.45, 2.75) is 46.6 Å². The van der Waals surface area contributed by atoms with E-state index in [2.05, 4.69) is 24.8 Å². The van der Waals surface area contributed by atoms with Crippen LogP contribution in [0.2, 0.25) is 5.02 Å². The van der Waals surface area contributed by atoms with Crippen LogP contribution in [-0.4, -0.2) is 25.3 Å². The first kappa shape index (κ1) is 29.9. The van der Waals surface area contributed by atoms with Crippen molar-refractivity contribution < 1.29 is 26.7 Å². The molecule has 1 aliphatic rings. The highest BCUT2D eigenvalue weighted by molar-refractivity contribution is 7.85. The number of benzene rings is 3. The van der Waals surface area contributed by atoms with Gasteiger partial charge in [-0.15, -0.1) is 0 Å². The second-order valence-electron chi connectivity index (χ2n) is 10.7. The standard InChI is InChI=1S/C33H35ClN2O5S/c1-4-6-16-35-29-20-27(34)13-15-31(29)40-32(35)17-24(5-2)18-33-36(21-23(3)22-42(37,38)39)28-19-26(12-14-30(28)41-33)25-10-8-7-9-11-25/h7-15,17-20,23H,4-6,16,21-22H2,1-3H3/p+1. The molecule has 9 heteroatoms. The highest BCUT2D eigenvalue weighted by atomic mass is 35.5. The molecule has 1 N–H and O–H groups in total. The molecule has 0 radical (unpaired) electrons. The number of fused-ring (bicyclic) bond motifs is 2. The van der Waals surface area contributed by atoms with Gasteiger partial charge in [-0.25, -0.2) is 0 Å². The Kier molecular flexibility index (Phi) is 9.06. The third-order valence-corrected chi connectivity index (χ3v) is 8.51. The van der Waals surface area contributed by atoms with Crippen molar-refractivity contribution in [2.24, 2.45) is 5.92 Å². The van der Waals surface area contributed by atoms with Gasteiger partial charge in [0.2, 0.25) is 11.5 Å². The lowest BCUT2D eigenvalue weighted by Crippen LogP contribution is -2.40. The largest absolute Gasteiger partial charge is 0.439 e. The van der Waals surface area contributed by atoms with E-state index >= 15 is 0 Å². The van der Waals surface area contributed by atoms with E-state index in [1.54, 1.807) is 6.92 Å². The second kappa shape index (κ2) is 12.7. The van der Waals surface area contributed by atoms with Crippen LogP contribution < -0.4 is 14.2 Å². The summed E-state index contributed by atoms with van der Waals surface area (Å²) in [4.78, 5) is 2.15. The van der Waals surface area contributed by atoms with Gasteiger partial charge in [-0.2, -0.15) is 13.0 Å². The maximum Gasteiger partial charge on any atom is 0.374 e. The van der Waals surface area contributed by atoms with E-state index in [0.29, 0.717) is 29.5 Å². The molecule has 1 atom stereocenters. The quantitative estimate of drug-likeness (QED) is 0.138. The summed E-state index contributed by atoms with van der Waals surface area (Å²) in [6, 6.07) is 21.7. The zero-order valence-electron chi connectivity index (χ0n) is 24.1. The third kappa shape index (κ3) is 6.89. The number of hydrogen-bond donors (Lipinski definition) is 1. The normalized spacial score (nSPS) is 15.3. The van der Waals surface area contributed by atoms with Crippen LogP contribution in [0.5, 0.6) is 5.75 Å². The maximum atomic E-state index is 11.7. The molecule has 4 aromatic rings. The van der Waals surface area contributed by atoms with E-state index in [4.69, 9.17) is 20.8 Å². The zero-order valence-corrected chi connectivity index (χ0v) is 25.7. The predicted octanol–water partition coefficient (Wildman–Crippen LogP) is 7.90. The topological polar surface area (TPSA) is 83.9 Å². The second-order valence-corrected chi connectivity index (χ2v) is 12.7. The fraction of sp³-hybridized carbons (Fsp3) is 0.303. The molecule has 3 aromatic carbocycles. The SMILES string of the molecule is CCCCN1/C(=C/C(=C/c2oc3ccc(-c4ccccc4)cc3[n+]2CC(C)CS(=O)(=O)O)CC)Oc2ccc(Cl)cc21. The smallest absolute Gasteiger partial charge is 0.374 e. The van der Waals surface area contributed by atoms with Crippen LogP contribution in [0.15, 0.2) is 88.7 Å². The van der Waals surface area contributed by atoms with Gasteiger partial charge in [0.25, 0.3) is 15.6 Å². The number of nitrogens with zero attached hydrogens (tertiary/aromatic N) is 2. The van der Waals surface area contributed by atoms with E-state index < -0.39 is 10.1 Å². The summed E-state index contributed by atoms with van der Waals surface area (Å²) in [5, 5.41) is 0.656. The van der Waals surface area contributed by atoms with Crippen LogP contribution in [0.25, 0.3) is 28.3 Å². The average Bonchev–Trinajstić information content (AvgIpc) is 3.46. The Bertz CT molecular complexity index is 1750. The first-order valence-electron chi connectivity index (χ1n) is 14.3. The molecule has 2 heterocycles. The van der Waals surface area contributed by atoms with Gasteiger partial charge < -0.3 is 14.1 Å². The summed E-state index contributed by atoms with van der Waals surface area (Å²) in [7, 11) is -4.13. The van der Waals surface area contributed by atoms with Gasteiger partial charge in [-0.05, 0) is 53.8 Å². The van der Waals surface area contributed by atoms with E-state index in [0.717, 1.165) is 58.9 Å². The summed E-state index contributed by atoms with van der Waals surface area (Å²) >= 11 is 6.32. The van der Waals surface area contributed by atoms with Gasteiger partial charge >= 0.3 is 5.89 Å². The van der Waals surface area contributed by atoms with Crippen molar-refractivity contribution in [3.05, 3.63) is 95.2 Å². The molecule has 0 saturated heterocycles. The molecular formula is C33H36ClN2O5S+. The summed E-state index contributed by atoms with van der Waals surface area (Å²) < 4.78 is 47.5. The van der Waals surface area contributed by atoms with Gasteiger partial charge in [0.05, 0.1) is 17.5 Å². The molecule has 5 rings (SSSR count). The van der Waals surface area contributed by atoms with Crippen molar-refractivity contribution >= 4 is 44.6 Å². The zero-order chi connectivity index (χ0) is 29.9. The van der Waals surface area contributed by atoms with Crippen LogP contribution in [0.3, 0.4) is 0 Å². The molecule has 1 aliphatic heterocycles. The van der Waals surface area contributed by atoms with Crippen molar-refractivity contribution in [2.75, 3.05) is 17.2 Å². The molecule has 0 bridgehead atoms. The summed E-state index contributed by atoms with van der Waals surface area (Å²) in [6.45, 7) is 7.17. The Balaban J connectivity index is 1.58. The lowest BCUT2D eigenvalue weighted by atomic mass is 10.1. The first-order chi connectivity index (χ1) is 20.1. The van der Waals surface area contributed by atoms with Gasteiger partial charge in [0, 0.05) is 29.6 Å². The minimum absolute atomic E-state index is 0.341. The number of halogens is 1.